The normalized spacial score (nSPS) is 15.8. The van der Waals surface area contributed by atoms with Gasteiger partial charge >= 0.3 is 6.09 Å². The van der Waals surface area contributed by atoms with Gasteiger partial charge in [0.15, 0.2) is 0 Å². The topological polar surface area (TPSA) is 109 Å². The summed E-state index contributed by atoms with van der Waals surface area (Å²) >= 11 is 0. The molecule has 3 amide bonds. The molecule has 1 aliphatic heterocycles. The Labute approximate surface area is 164 Å². The zero-order valence-corrected chi connectivity index (χ0v) is 15.9. The lowest BCUT2D eigenvalue weighted by Gasteiger charge is -2.17. The first-order valence-electron chi connectivity index (χ1n) is 9.01. The number of allylic oxidation sites excluding steroid dienone is 1. The molecular formula is C19H26N4O5. The minimum atomic E-state index is -0.681. The molecule has 1 unspecified atom stereocenters. The molecule has 2 rings (SSSR count). The van der Waals surface area contributed by atoms with E-state index in [9.17, 15) is 14.4 Å². The SMILES string of the molecule is C=C(C)NOCCNC(=O)CN1CCC(NC(=O)OCc2ccccc2)C1=O. The number of alkyl carbamates (subject to hydrolysis) is 1. The van der Waals surface area contributed by atoms with Crippen molar-refractivity contribution in [2.45, 2.75) is 26.0 Å². The van der Waals surface area contributed by atoms with Gasteiger partial charge in [0.1, 0.15) is 12.6 Å². The van der Waals surface area contributed by atoms with Crippen LogP contribution in [0, 0.1) is 0 Å². The number of likely N-dealkylation sites (tertiary alicyclic amines) is 1. The van der Waals surface area contributed by atoms with E-state index in [2.05, 4.69) is 22.7 Å². The van der Waals surface area contributed by atoms with Crippen LogP contribution in [0.3, 0.4) is 0 Å². The van der Waals surface area contributed by atoms with Gasteiger partial charge in [-0.3, -0.25) is 19.9 Å². The van der Waals surface area contributed by atoms with Crippen molar-refractivity contribution in [1.29, 1.82) is 0 Å². The van der Waals surface area contributed by atoms with E-state index in [0.29, 0.717) is 25.2 Å². The van der Waals surface area contributed by atoms with Crippen molar-refractivity contribution in [2.75, 3.05) is 26.2 Å². The summed E-state index contributed by atoms with van der Waals surface area (Å²) in [6.07, 6.45) is -0.228. The standard InChI is InChI=1S/C19H26N4O5/c1-14(2)22-28-11-9-20-17(24)12-23-10-8-16(18(23)25)21-19(26)27-13-15-6-4-3-5-7-15/h3-7,16,22H,1,8-13H2,2H3,(H,20,24)(H,21,26). The molecule has 1 fully saturated rings. The summed E-state index contributed by atoms with van der Waals surface area (Å²) < 4.78 is 5.12. The van der Waals surface area contributed by atoms with Crippen LogP contribution in [0.4, 0.5) is 4.79 Å². The van der Waals surface area contributed by atoms with Crippen molar-refractivity contribution in [2.24, 2.45) is 0 Å². The number of benzene rings is 1. The minimum Gasteiger partial charge on any atom is -0.445 e. The lowest BCUT2D eigenvalue weighted by atomic mass is 10.2. The highest BCUT2D eigenvalue weighted by Crippen LogP contribution is 2.11. The molecule has 1 saturated heterocycles. The number of rotatable bonds is 10. The van der Waals surface area contributed by atoms with Gasteiger partial charge in [-0.2, -0.15) is 0 Å². The van der Waals surface area contributed by atoms with E-state index >= 15 is 0 Å². The van der Waals surface area contributed by atoms with Crippen molar-refractivity contribution < 1.29 is 24.0 Å². The third-order valence-corrected chi connectivity index (χ3v) is 3.91. The lowest BCUT2D eigenvalue weighted by Crippen LogP contribution is -2.44. The monoisotopic (exact) mass is 390 g/mol. The number of carbonyl (C=O) groups excluding carboxylic acids is 3. The molecule has 1 aromatic carbocycles. The summed E-state index contributed by atoms with van der Waals surface area (Å²) in [5.74, 6) is -0.591. The molecule has 0 saturated carbocycles. The highest BCUT2D eigenvalue weighted by Gasteiger charge is 2.34. The first kappa shape index (κ1) is 21.2. The average molecular weight is 390 g/mol. The molecule has 1 aromatic rings. The summed E-state index contributed by atoms with van der Waals surface area (Å²) in [6.45, 7) is 6.38. The number of hydrogen-bond donors (Lipinski definition) is 3. The van der Waals surface area contributed by atoms with E-state index in [0.717, 1.165) is 5.56 Å². The first-order valence-corrected chi connectivity index (χ1v) is 9.01. The van der Waals surface area contributed by atoms with Gasteiger partial charge < -0.3 is 20.3 Å². The van der Waals surface area contributed by atoms with Crippen molar-refractivity contribution in [1.82, 2.24) is 21.0 Å². The van der Waals surface area contributed by atoms with Gasteiger partial charge in [0.25, 0.3) is 0 Å². The van der Waals surface area contributed by atoms with Crippen LogP contribution < -0.4 is 16.1 Å². The molecule has 1 atom stereocenters. The number of hydroxylamine groups is 1. The van der Waals surface area contributed by atoms with Crippen LogP contribution in [0.25, 0.3) is 0 Å². The summed E-state index contributed by atoms with van der Waals surface area (Å²) in [5.41, 5.74) is 4.10. The van der Waals surface area contributed by atoms with Crippen molar-refractivity contribution in [3.8, 4) is 0 Å². The summed E-state index contributed by atoms with van der Waals surface area (Å²) in [7, 11) is 0. The van der Waals surface area contributed by atoms with Gasteiger partial charge in [-0.15, -0.1) is 0 Å². The molecule has 9 nitrogen and oxygen atoms in total. The van der Waals surface area contributed by atoms with Crippen LogP contribution >= 0.6 is 0 Å². The Balaban J connectivity index is 1.65. The molecule has 152 valence electrons. The summed E-state index contributed by atoms with van der Waals surface area (Å²) in [4.78, 5) is 42.6. The van der Waals surface area contributed by atoms with E-state index in [1.807, 2.05) is 30.3 Å². The van der Waals surface area contributed by atoms with E-state index in [1.165, 1.54) is 4.90 Å². The van der Waals surface area contributed by atoms with Gasteiger partial charge in [-0.1, -0.05) is 36.9 Å². The Bertz CT molecular complexity index is 695. The Morgan fingerprint density at radius 2 is 2.04 bits per heavy atom. The van der Waals surface area contributed by atoms with Crippen LogP contribution in [-0.2, 0) is 25.8 Å². The van der Waals surface area contributed by atoms with Gasteiger partial charge in [0, 0.05) is 18.8 Å². The fraction of sp³-hybridized carbons (Fsp3) is 0.421. The molecule has 1 aliphatic rings. The average Bonchev–Trinajstić information content (AvgIpc) is 3.00. The minimum absolute atomic E-state index is 0.0655. The molecule has 0 bridgehead atoms. The molecular weight excluding hydrogens is 364 g/mol. The number of ether oxygens (including phenoxy) is 1. The van der Waals surface area contributed by atoms with Crippen molar-refractivity contribution in [3.05, 3.63) is 48.2 Å². The second kappa shape index (κ2) is 10.9. The van der Waals surface area contributed by atoms with Crippen molar-refractivity contribution >= 4 is 17.9 Å². The predicted molar refractivity (Wildman–Crippen MR) is 102 cm³/mol. The number of nitrogens with one attached hydrogen (secondary N) is 3. The quantitative estimate of drug-likeness (QED) is 0.401. The zero-order valence-electron chi connectivity index (χ0n) is 15.9. The third-order valence-electron chi connectivity index (χ3n) is 3.91. The predicted octanol–water partition coefficient (Wildman–Crippen LogP) is 0.685. The lowest BCUT2D eigenvalue weighted by molar-refractivity contribution is -0.134. The fourth-order valence-corrected chi connectivity index (χ4v) is 2.58. The smallest absolute Gasteiger partial charge is 0.408 e. The maximum absolute atomic E-state index is 12.3. The number of carbonyl (C=O) groups is 3. The third kappa shape index (κ3) is 7.28. The summed E-state index contributed by atoms with van der Waals surface area (Å²) in [6, 6.07) is 8.57. The van der Waals surface area contributed by atoms with Crippen LogP contribution in [0.2, 0.25) is 0 Å². The summed E-state index contributed by atoms with van der Waals surface area (Å²) in [5, 5.41) is 5.21. The van der Waals surface area contributed by atoms with E-state index in [4.69, 9.17) is 9.57 Å². The van der Waals surface area contributed by atoms with E-state index in [1.54, 1.807) is 6.92 Å². The Morgan fingerprint density at radius 3 is 2.75 bits per heavy atom. The highest BCUT2D eigenvalue weighted by molar-refractivity contribution is 5.91. The highest BCUT2D eigenvalue weighted by atomic mass is 16.6. The number of nitrogens with zero attached hydrogens (tertiary/aromatic N) is 1. The number of amides is 3. The van der Waals surface area contributed by atoms with Gasteiger partial charge in [0.05, 0.1) is 13.2 Å². The van der Waals surface area contributed by atoms with Crippen LogP contribution in [-0.4, -0.2) is 55.1 Å². The molecule has 0 aliphatic carbocycles. The Morgan fingerprint density at radius 1 is 1.29 bits per heavy atom. The first-order chi connectivity index (χ1) is 13.5. The van der Waals surface area contributed by atoms with Crippen LogP contribution in [0.1, 0.15) is 18.9 Å². The molecule has 0 radical (unpaired) electrons. The Kier molecular flexibility index (Phi) is 8.29. The van der Waals surface area contributed by atoms with Gasteiger partial charge in [-0.05, 0) is 18.9 Å². The van der Waals surface area contributed by atoms with Gasteiger partial charge in [-0.25, -0.2) is 4.79 Å². The van der Waals surface area contributed by atoms with E-state index < -0.39 is 12.1 Å². The molecule has 9 heteroatoms. The van der Waals surface area contributed by atoms with E-state index in [-0.39, 0.29) is 31.6 Å². The van der Waals surface area contributed by atoms with Gasteiger partial charge in [0.2, 0.25) is 11.8 Å². The maximum Gasteiger partial charge on any atom is 0.408 e. The maximum atomic E-state index is 12.3. The Hall–Kier alpha value is -3.07. The molecule has 0 spiro atoms. The van der Waals surface area contributed by atoms with Crippen LogP contribution in [0.5, 0.6) is 0 Å². The molecule has 0 aromatic heterocycles. The zero-order chi connectivity index (χ0) is 20.4. The second-order valence-corrected chi connectivity index (χ2v) is 6.39. The fourth-order valence-electron chi connectivity index (χ4n) is 2.58. The van der Waals surface area contributed by atoms with Crippen molar-refractivity contribution in [3.63, 3.8) is 0 Å². The molecule has 3 N–H and O–H groups in total. The largest absolute Gasteiger partial charge is 0.445 e. The second-order valence-electron chi connectivity index (χ2n) is 6.39. The molecule has 28 heavy (non-hydrogen) atoms. The molecule has 1 heterocycles. The van der Waals surface area contributed by atoms with Crippen LogP contribution in [0.15, 0.2) is 42.6 Å². The number of hydrogen-bond acceptors (Lipinski definition) is 6.